The summed E-state index contributed by atoms with van der Waals surface area (Å²) < 4.78 is 6.27. The molecule has 1 aliphatic heterocycles. The molecule has 0 aromatic heterocycles. The molecule has 2 unspecified atom stereocenters. The van der Waals surface area contributed by atoms with Crippen molar-refractivity contribution in [3.05, 3.63) is 0 Å². The van der Waals surface area contributed by atoms with Gasteiger partial charge in [-0.05, 0) is 33.7 Å². The van der Waals surface area contributed by atoms with Crippen LogP contribution in [0.3, 0.4) is 0 Å². The minimum atomic E-state index is 0.261. The third-order valence-electron chi connectivity index (χ3n) is 7.73. The maximum absolute atomic E-state index is 6.27. The molecule has 0 bridgehead atoms. The summed E-state index contributed by atoms with van der Waals surface area (Å²) in [5, 5.41) is 0. The van der Waals surface area contributed by atoms with Gasteiger partial charge >= 0.3 is 0 Å². The third kappa shape index (κ3) is 11.8. The van der Waals surface area contributed by atoms with E-state index in [0.29, 0.717) is 12.0 Å². The van der Waals surface area contributed by atoms with Gasteiger partial charge in [0.1, 0.15) is 0 Å². The summed E-state index contributed by atoms with van der Waals surface area (Å²) in [4.78, 5) is 2.49. The fourth-order valence-electron chi connectivity index (χ4n) is 4.77. The van der Waals surface area contributed by atoms with Crippen molar-refractivity contribution in [1.29, 1.82) is 0 Å². The van der Waals surface area contributed by atoms with Crippen LogP contribution in [0.1, 0.15) is 137 Å². The lowest BCUT2D eigenvalue weighted by Crippen LogP contribution is -2.56. The third-order valence-corrected chi connectivity index (χ3v) is 7.73. The molecule has 2 atom stereocenters. The van der Waals surface area contributed by atoms with Crippen molar-refractivity contribution < 1.29 is 4.74 Å². The van der Waals surface area contributed by atoms with E-state index in [-0.39, 0.29) is 5.54 Å². The van der Waals surface area contributed by atoms with Crippen molar-refractivity contribution >= 4 is 0 Å². The highest BCUT2D eigenvalue weighted by molar-refractivity contribution is 4.93. The first-order valence-electron chi connectivity index (χ1n) is 13.3. The van der Waals surface area contributed by atoms with Crippen LogP contribution in [0.15, 0.2) is 0 Å². The van der Waals surface area contributed by atoms with Gasteiger partial charge < -0.3 is 9.64 Å². The van der Waals surface area contributed by atoms with Gasteiger partial charge in [-0.3, -0.25) is 0 Å². The Balaban J connectivity index is 1.82. The fourth-order valence-corrected chi connectivity index (χ4v) is 4.77. The van der Waals surface area contributed by atoms with Crippen LogP contribution in [0.5, 0.6) is 0 Å². The molecule has 2 nitrogen and oxygen atoms in total. The quantitative estimate of drug-likeness (QED) is 0.211. The lowest BCUT2D eigenvalue weighted by molar-refractivity contribution is -0.0793. The molecule has 174 valence electrons. The van der Waals surface area contributed by atoms with Crippen molar-refractivity contribution in [3.8, 4) is 0 Å². The molecule has 1 heterocycles. The fraction of sp³-hybridized carbons (Fsp3) is 1.00. The molecule has 1 aliphatic rings. The predicted octanol–water partition coefficient (Wildman–Crippen LogP) is 8.38. The van der Waals surface area contributed by atoms with E-state index in [0.717, 1.165) is 6.61 Å². The van der Waals surface area contributed by atoms with Gasteiger partial charge in [0, 0.05) is 24.6 Å². The van der Waals surface area contributed by atoms with Gasteiger partial charge in [-0.15, -0.1) is 0 Å². The van der Waals surface area contributed by atoms with E-state index in [9.17, 15) is 0 Å². The molecule has 0 aromatic carbocycles. The first-order chi connectivity index (χ1) is 14.0. The van der Waals surface area contributed by atoms with Crippen LogP contribution in [0.25, 0.3) is 0 Å². The average molecular weight is 410 g/mol. The first-order valence-corrected chi connectivity index (χ1v) is 13.3. The Morgan fingerprint density at radius 3 is 1.59 bits per heavy atom. The Bertz CT molecular complexity index is 368. The van der Waals surface area contributed by atoms with E-state index in [1.54, 1.807) is 0 Å². The molecule has 0 aromatic rings. The van der Waals surface area contributed by atoms with Gasteiger partial charge in [-0.25, -0.2) is 0 Å². The number of hydrogen-bond donors (Lipinski definition) is 0. The highest BCUT2D eigenvalue weighted by Gasteiger charge is 2.39. The lowest BCUT2D eigenvalue weighted by Gasteiger charge is -2.48. The minimum absolute atomic E-state index is 0.261. The van der Waals surface area contributed by atoms with Gasteiger partial charge in [-0.2, -0.15) is 0 Å². The number of rotatable bonds is 18. The number of piperidine rings is 1. The number of unbranched alkanes of at least 4 members (excludes halogenated alkanes) is 15. The molecule has 0 radical (unpaired) electrons. The SMILES string of the molecule is CCCCCCCCCCCCCCCCCCOC1CCN(C)C(C)(C)C1C. The van der Waals surface area contributed by atoms with Crippen molar-refractivity contribution in [2.45, 2.75) is 148 Å². The van der Waals surface area contributed by atoms with Crippen molar-refractivity contribution in [2.75, 3.05) is 20.2 Å². The highest BCUT2D eigenvalue weighted by atomic mass is 16.5. The van der Waals surface area contributed by atoms with E-state index in [4.69, 9.17) is 4.74 Å². The summed E-state index contributed by atoms with van der Waals surface area (Å²) in [5.41, 5.74) is 0.261. The molecule has 0 spiro atoms. The van der Waals surface area contributed by atoms with Crippen LogP contribution in [0.4, 0.5) is 0 Å². The molecule has 29 heavy (non-hydrogen) atoms. The summed E-state index contributed by atoms with van der Waals surface area (Å²) in [7, 11) is 2.25. The summed E-state index contributed by atoms with van der Waals surface area (Å²) in [6.45, 7) is 11.5. The molecule has 2 heteroatoms. The topological polar surface area (TPSA) is 12.5 Å². The lowest BCUT2D eigenvalue weighted by atomic mass is 9.79. The average Bonchev–Trinajstić information content (AvgIpc) is 2.70. The number of hydrogen-bond acceptors (Lipinski definition) is 2. The smallest absolute Gasteiger partial charge is 0.0630 e. The minimum Gasteiger partial charge on any atom is -0.378 e. The number of ether oxygens (including phenoxy) is 1. The molecule has 1 rings (SSSR count). The monoisotopic (exact) mass is 409 g/mol. The number of nitrogens with zero attached hydrogens (tertiary/aromatic N) is 1. The van der Waals surface area contributed by atoms with Gasteiger partial charge in [0.05, 0.1) is 6.10 Å². The first kappa shape index (κ1) is 27.0. The summed E-state index contributed by atoms with van der Waals surface area (Å²) in [6, 6.07) is 0. The maximum atomic E-state index is 6.27. The van der Waals surface area contributed by atoms with Gasteiger partial charge in [0.15, 0.2) is 0 Å². The molecule has 0 aliphatic carbocycles. The largest absolute Gasteiger partial charge is 0.378 e. The highest BCUT2D eigenvalue weighted by Crippen LogP contribution is 2.33. The van der Waals surface area contributed by atoms with E-state index < -0.39 is 0 Å². The van der Waals surface area contributed by atoms with Gasteiger partial charge in [0.2, 0.25) is 0 Å². The molecule has 0 amide bonds. The Hall–Kier alpha value is -0.0800. The van der Waals surface area contributed by atoms with Crippen LogP contribution < -0.4 is 0 Å². The van der Waals surface area contributed by atoms with Crippen molar-refractivity contribution in [2.24, 2.45) is 5.92 Å². The van der Waals surface area contributed by atoms with Crippen molar-refractivity contribution in [1.82, 2.24) is 4.90 Å². The molecular weight excluding hydrogens is 354 g/mol. The zero-order chi connectivity index (χ0) is 21.4. The van der Waals surface area contributed by atoms with E-state index >= 15 is 0 Å². The molecule has 1 fully saturated rings. The molecule has 0 N–H and O–H groups in total. The second-order valence-corrected chi connectivity index (χ2v) is 10.4. The zero-order valence-electron chi connectivity index (χ0n) is 20.9. The standard InChI is InChI=1S/C27H55NO/c1-6-7-8-9-10-11-12-13-14-15-16-17-18-19-20-21-24-29-26-22-23-28(5)27(3,4)25(26)2/h25-26H,6-24H2,1-5H3. The second kappa shape index (κ2) is 16.6. The zero-order valence-corrected chi connectivity index (χ0v) is 20.9. The summed E-state index contributed by atoms with van der Waals surface area (Å²) in [6.07, 6.45) is 24.5. The van der Waals surface area contributed by atoms with Crippen LogP contribution in [-0.4, -0.2) is 36.7 Å². The van der Waals surface area contributed by atoms with Gasteiger partial charge in [-0.1, -0.05) is 110 Å². The predicted molar refractivity (Wildman–Crippen MR) is 130 cm³/mol. The molecule has 0 saturated carbocycles. The van der Waals surface area contributed by atoms with Crippen LogP contribution >= 0.6 is 0 Å². The summed E-state index contributed by atoms with van der Waals surface area (Å²) >= 11 is 0. The Morgan fingerprint density at radius 2 is 1.14 bits per heavy atom. The van der Waals surface area contributed by atoms with Crippen LogP contribution in [0, 0.1) is 5.92 Å². The van der Waals surface area contributed by atoms with Crippen LogP contribution in [0.2, 0.25) is 0 Å². The Kier molecular flexibility index (Phi) is 15.4. The van der Waals surface area contributed by atoms with Crippen LogP contribution in [-0.2, 0) is 4.74 Å². The number of likely N-dealkylation sites (tertiary alicyclic amines) is 1. The van der Waals surface area contributed by atoms with Gasteiger partial charge in [0.25, 0.3) is 0 Å². The van der Waals surface area contributed by atoms with E-state index in [1.165, 1.54) is 116 Å². The van der Waals surface area contributed by atoms with Crippen molar-refractivity contribution in [3.63, 3.8) is 0 Å². The van der Waals surface area contributed by atoms with E-state index in [2.05, 4.69) is 39.6 Å². The Labute approximate surface area is 184 Å². The second-order valence-electron chi connectivity index (χ2n) is 10.4. The molecular formula is C27H55NO. The normalized spacial score (nSPS) is 22.2. The Morgan fingerprint density at radius 1 is 0.724 bits per heavy atom. The molecule has 1 saturated heterocycles. The summed E-state index contributed by atoms with van der Waals surface area (Å²) in [5.74, 6) is 0.613. The maximum Gasteiger partial charge on any atom is 0.0630 e. The van der Waals surface area contributed by atoms with E-state index in [1.807, 2.05) is 0 Å².